The van der Waals surface area contributed by atoms with E-state index in [9.17, 15) is 4.79 Å². The number of carbonyl (C=O) groups excluding carboxylic acids is 1. The molecule has 2 rings (SSSR count). The number of nitrogens with zero attached hydrogens (tertiary/aromatic N) is 1. The molecule has 0 saturated heterocycles. The third kappa shape index (κ3) is 2.80. The number of hydrogen-bond acceptors (Lipinski definition) is 2. The van der Waals surface area contributed by atoms with Gasteiger partial charge in [0.25, 0.3) is 0 Å². The van der Waals surface area contributed by atoms with Gasteiger partial charge < -0.3 is 4.74 Å². The van der Waals surface area contributed by atoms with Gasteiger partial charge in [-0.25, -0.2) is 9.36 Å². The van der Waals surface area contributed by atoms with Gasteiger partial charge in [-0.1, -0.05) is 32.0 Å². The SMILES string of the molecule is CC(C)c1cc2ccccc2n1C(=O)OC(C)(C)C. The van der Waals surface area contributed by atoms with Crippen molar-refractivity contribution < 1.29 is 9.53 Å². The molecule has 0 amide bonds. The molecule has 3 nitrogen and oxygen atoms in total. The van der Waals surface area contributed by atoms with Gasteiger partial charge in [0.1, 0.15) is 5.60 Å². The predicted molar refractivity (Wildman–Crippen MR) is 77.7 cm³/mol. The third-order valence-corrected chi connectivity index (χ3v) is 2.91. The number of carbonyl (C=O) groups is 1. The minimum absolute atomic E-state index is 0.264. The molecule has 0 N–H and O–H groups in total. The molecule has 3 heteroatoms. The van der Waals surface area contributed by atoms with Crippen LogP contribution in [0.15, 0.2) is 30.3 Å². The van der Waals surface area contributed by atoms with Crippen molar-refractivity contribution in [3.8, 4) is 0 Å². The average molecular weight is 259 g/mol. The Kier molecular flexibility index (Phi) is 3.40. The first-order valence-electron chi connectivity index (χ1n) is 6.63. The quantitative estimate of drug-likeness (QED) is 0.752. The van der Waals surface area contributed by atoms with E-state index in [-0.39, 0.29) is 12.0 Å². The van der Waals surface area contributed by atoms with Crippen LogP contribution in [-0.4, -0.2) is 16.3 Å². The first kappa shape index (κ1) is 13.7. The summed E-state index contributed by atoms with van der Waals surface area (Å²) in [4.78, 5) is 12.4. The van der Waals surface area contributed by atoms with E-state index in [2.05, 4.69) is 19.9 Å². The first-order valence-corrected chi connectivity index (χ1v) is 6.63. The fraction of sp³-hybridized carbons (Fsp3) is 0.438. The minimum atomic E-state index is -0.489. The maximum atomic E-state index is 12.4. The molecule has 1 aromatic heterocycles. The Morgan fingerprint density at radius 1 is 1.21 bits per heavy atom. The van der Waals surface area contributed by atoms with Crippen molar-refractivity contribution in [3.63, 3.8) is 0 Å². The topological polar surface area (TPSA) is 31.2 Å². The van der Waals surface area contributed by atoms with Crippen molar-refractivity contribution in [1.82, 2.24) is 4.57 Å². The maximum absolute atomic E-state index is 12.4. The highest BCUT2D eigenvalue weighted by molar-refractivity contribution is 5.91. The monoisotopic (exact) mass is 259 g/mol. The molecule has 102 valence electrons. The summed E-state index contributed by atoms with van der Waals surface area (Å²) in [5.74, 6) is 0.264. The molecule has 0 atom stereocenters. The van der Waals surface area contributed by atoms with Gasteiger partial charge in [-0.2, -0.15) is 0 Å². The summed E-state index contributed by atoms with van der Waals surface area (Å²) >= 11 is 0. The fourth-order valence-electron chi connectivity index (χ4n) is 2.11. The van der Waals surface area contributed by atoms with E-state index >= 15 is 0 Å². The van der Waals surface area contributed by atoms with Crippen LogP contribution < -0.4 is 0 Å². The summed E-state index contributed by atoms with van der Waals surface area (Å²) in [6.07, 6.45) is -0.308. The van der Waals surface area contributed by atoms with Gasteiger partial charge in [0.2, 0.25) is 0 Å². The van der Waals surface area contributed by atoms with Gasteiger partial charge in [-0.05, 0) is 38.8 Å². The van der Waals surface area contributed by atoms with Gasteiger partial charge in [-0.3, -0.25) is 0 Å². The Labute approximate surface area is 114 Å². The number of rotatable bonds is 1. The average Bonchev–Trinajstić information content (AvgIpc) is 2.65. The van der Waals surface area contributed by atoms with Crippen molar-refractivity contribution >= 4 is 17.0 Å². The normalized spacial score (nSPS) is 12.1. The zero-order valence-electron chi connectivity index (χ0n) is 12.2. The van der Waals surface area contributed by atoms with Crippen molar-refractivity contribution in [3.05, 3.63) is 36.0 Å². The Hall–Kier alpha value is -1.77. The van der Waals surface area contributed by atoms with Crippen LogP contribution in [0.4, 0.5) is 4.79 Å². The highest BCUT2D eigenvalue weighted by atomic mass is 16.6. The highest BCUT2D eigenvalue weighted by Crippen LogP contribution is 2.26. The van der Waals surface area contributed by atoms with E-state index in [0.717, 1.165) is 16.6 Å². The Morgan fingerprint density at radius 2 is 1.84 bits per heavy atom. The van der Waals surface area contributed by atoms with Crippen LogP contribution in [-0.2, 0) is 4.74 Å². The van der Waals surface area contributed by atoms with Crippen LogP contribution in [0.5, 0.6) is 0 Å². The predicted octanol–water partition coefficient (Wildman–Crippen LogP) is 4.55. The van der Waals surface area contributed by atoms with E-state index in [0.29, 0.717) is 0 Å². The number of aromatic nitrogens is 1. The van der Waals surface area contributed by atoms with E-state index in [4.69, 9.17) is 4.74 Å². The van der Waals surface area contributed by atoms with Crippen molar-refractivity contribution in [2.24, 2.45) is 0 Å². The van der Waals surface area contributed by atoms with Gasteiger partial charge in [-0.15, -0.1) is 0 Å². The zero-order chi connectivity index (χ0) is 14.2. The Bertz CT molecular complexity index is 603. The standard InChI is InChI=1S/C16H21NO2/c1-11(2)14-10-12-8-6-7-9-13(12)17(14)15(18)19-16(3,4)5/h6-11H,1-5H3. The first-order chi connectivity index (χ1) is 8.79. The highest BCUT2D eigenvalue weighted by Gasteiger charge is 2.22. The second-order valence-electron chi connectivity index (χ2n) is 6.10. The minimum Gasteiger partial charge on any atom is -0.443 e. The van der Waals surface area contributed by atoms with Crippen LogP contribution in [0.2, 0.25) is 0 Å². The third-order valence-electron chi connectivity index (χ3n) is 2.91. The van der Waals surface area contributed by atoms with E-state index in [1.54, 1.807) is 4.57 Å². The molecule has 0 aliphatic rings. The molecule has 0 radical (unpaired) electrons. The van der Waals surface area contributed by atoms with Crippen LogP contribution >= 0.6 is 0 Å². The lowest BCUT2D eigenvalue weighted by molar-refractivity contribution is 0.0539. The lowest BCUT2D eigenvalue weighted by Crippen LogP contribution is -2.28. The van der Waals surface area contributed by atoms with Crippen LogP contribution in [0, 0.1) is 0 Å². The molecule has 0 unspecified atom stereocenters. The van der Waals surface area contributed by atoms with Crippen LogP contribution in [0.3, 0.4) is 0 Å². The zero-order valence-corrected chi connectivity index (χ0v) is 12.2. The van der Waals surface area contributed by atoms with Gasteiger partial charge in [0.15, 0.2) is 0 Å². The number of hydrogen-bond donors (Lipinski definition) is 0. The molecule has 19 heavy (non-hydrogen) atoms. The van der Waals surface area contributed by atoms with Crippen molar-refractivity contribution in [2.45, 2.75) is 46.1 Å². The fourth-order valence-corrected chi connectivity index (χ4v) is 2.11. The molecule has 0 spiro atoms. The number of para-hydroxylation sites is 1. The Balaban J connectivity index is 2.56. The van der Waals surface area contributed by atoms with Crippen LogP contribution in [0.1, 0.15) is 46.2 Å². The second-order valence-corrected chi connectivity index (χ2v) is 6.10. The number of ether oxygens (including phenoxy) is 1. The Morgan fingerprint density at radius 3 is 2.42 bits per heavy atom. The summed E-state index contributed by atoms with van der Waals surface area (Å²) in [6, 6.07) is 9.94. The molecule has 0 saturated carbocycles. The van der Waals surface area contributed by atoms with E-state index in [1.807, 2.05) is 45.0 Å². The summed E-state index contributed by atoms with van der Waals surface area (Å²) < 4.78 is 7.19. The molecular formula is C16H21NO2. The molecule has 1 aromatic carbocycles. The molecule has 0 bridgehead atoms. The summed E-state index contributed by atoms with van der Waals surface area (Å²) in [7, 11) is 0. The molecule has 0 aliphatic carbocycles. The summed E-state index contributed by atoms with van der Waals surface area (Å²) in [5, 5.41) is 1.07. The molecule has 1 heterocycles. The summed E-state index contributed by atoms with van der Waals surface area (Å²) in [6.45, 7) is 9.80. The van der Waals surface area contributed by atoms with Gasteiger partial charge in [0, 0.05) is 11.1 Å². The number of benzene rings is 1. The molecule has 0 fully saturated rings. The maximum Gasteiger partial charge on any atom is 0.419 e. The summed E-state index contributed by atoms with van der Waals surface area (Å²) in [5.41, 5.74) is 1.40. The van der Waals surface area contributed by atoms with Gasteiger partial charge in [0.05, 0.1) is 5.52 Å². The van der Waals surface area contributed by atoms with E-state index in [1.165, 1.54) is 0 Å². The molecule has 0 aliphatic heterocycles. The van der Waals surface area contributed by atoms with Crippen molar-refractivity contribution in [2.75, 3.05) is 0 Å². The smallest absolute Gasteiger partial charge is 0.419 e. The van der Waals surface area contributed by atoms with E-state index < -0.39 is 5.60 Å². The van der Waals surface area contributed by atoms with Crippen LogP contribution in [0.25, 0.3) is 10.9 Å². The number of fused-ring (bicyclic) bond motifs is 1. The molecular weight excluding hydrogens is 238 g/mol. The second kappa shape index (κ2) is 4.72. The lowest BCUT2D eigenvalue weighted by atomic mass is 10.1. The lowest BCUT2D eigenvalue weighted by Gasteiger charge is -2.21. The van der Waals surface area contributed by atoms with Gasteiger partial charge >= 0.3 is 6.09 Å². The van der Waals surface area contributed by atoms with Crippen molar-refractivity contribution in [1.29, 1.82) is 0 Å². The largest absolute Gasteiger partial charge is 0.443 e. The molecule has 2 aromatic rings.